The molecule has 1 amide bonds. The van der Waals surface area contributed by atoms with Crippen LogP contribution in [0.2, 0.25) is 0 Å². The molecule has 0 radical (unpaired) electrons. The molecule has 6 heteroatoms. The number of carboxylic acids is 1. The molecule has 1 aromatic carbocycles. The van der Waals surface area contributed by atoms with E-state index in [9.17, 15) is 9.59 Å². The molecule has 0 saturated heterocycles. The first-order chi connectivity index (χ1) is 10.1. The number of carbonyl (C=O) groups is 2. The second-order valence-electron chi connectivity index (χ2n) is 4.74. The summed E-state index contributed by atoms with van der Waals surface area (Å²) in [7, 11) is 0. The summed E-state index contributed by atoms with van der Waals surface area (Å²) >= 11 is 0. The first-order valence-corrected chi connectivity index (χ1v) is 6.61. The quantitative estimate of drug-likeness (QED) is 0.874. The van der Waals surface area contributed by atoms with E-state index in [-0.39, 0.29) is 19.0 Å². The highest BCUT2D eigenvalue weighted by Gasteiger charge is 2.24. The molecule has 1 N–H and O–H groups in total. The molecule has 2 rings (SSSR count). The highest BCUT2D eigenvalue weighted by molar-refractivity contribution is 5.83. The van der Waals surface area contributed by atoms with Crippen molar-refractivity contribution >= 4 is 11.9 Å². The van der Waals surface area contributed by atoms with Crippen LogP contribution in [0.1, 0.15) is 18.5 Å². The van der Waals surface area contributed by atoms with Crippen LogP contribution in [0.15, 0.2) is 48.8 Å². The first-order valence-electron chi connectivity index (χ1n) is 6.61. The van der Waals surface area contributed by atoms with E-state index in [4.69, 9.17) is 5.11 Å². The van der Waals surface area contributed by atoms with E-state index >= 15 is 0 Å². The molecule has 0 fully saturated rings. The van der Waals surface area contributed by atoms with Crippen molar-refractivity contribution in [1.29, 1.82) is 0 Å². The predicted molar refractivity (Wildman–Crippen MR) is 76.4 cm³/mol. The normalized spacial score (nSPS) is 11.9. The molecule has 0 saturated carbocycles. The Balaban J connectivity index is 2.15. The maximum atomic E-state index is 12.5. The Hall–Kier alpha value is -2.63. The smallest absolute Gasteiger partial charge is 0.323 e. The number of rotatable bonds is 6. The van der Waals surface area contributed by atoms with Crippen LogP contribution < -0.4 is 0 Å². The monoisotopic (exact) mass is 287 g/mol. The number of amides is 1. The van der Waals surface area contributed by atoms with Crippen molar-refractivity contribution in [3.63, 3.8) is 0 Å². The van der Waals surface area contributed by atoms with Crippen molar-refractivity contribution in [1.82, 2.24) is 14.7 Å². The van der Waals surface area contributed by atoms with E-state index < -0.39 is 12.0 Å². The zero-order valence-corrected chi connectivity index (χ0v) is 11.7. The Morgan fingerprint density at radius 1 is 1.29 bits per heavy atom. The summed E-state index contributed by atoms with van der Waals surface area (Å²) in [5.41, 5.74) is 0.889. The van der Waals surface area contributed by atoms with Gasteiger partial charge in [-0.2, -0.15) is 5.10 Å². The minimum atomic E-state index is -1.04. The fraction of sp³-hybridized carbons (Fsp3) is 0.267. The molecular formula is C15H17N3O3. The van der Waals surface area contributed by atoms with Gasteiger partial charge in [0.15, 0.2) is 0 Å². The fourth-order valence-corrected chi connectivity index (χ4v) is 2.07. The van der Waals surface area contributed by atoms with Crippen LogP contribution in [0.3, 0.4) is 0 Å². The first kappa shape index (κ1) is 14.8. The number of carboxylic acid groups (broad SMARTS) is 1. The number of nitrogens with zero attached hydrogens (tertiary/aromatic N) is 3. The highest BCUT2D eigenvalue weighted by atomic mass is 16.4. The van der Waals surface area contributed by atoms with Crippen molar-refractivity contribution in [2.45, 2.75) is 19.5 Å². The van der Waals surface area contributed by atoms with Crippen molar-refractivity contribution in [2.24, 2.45) is 0 Å². The molecule has 110 valence electrons. The zero-order chi connectivity index (χ0) is 15.2. The molecule has 1 atom stereocenters. The van der Waals surface area contributed by atoms with Crippen LogP contribution in [-0.4, -0.2) is 38.2 Å². The van der Waals surface area contributed by atoms with E-state index in [0.29, 0.717) is 0 Å². The number of benzene rings is 1. The van der Waals surface area contributed by atoms with Gasteiger partial charge in [-0.05, 0) is 18.6 Å². The number of aromatic nitrogens is 2. The molecule has 1 heterocycles. The largest absolute Gasteiger partial charge is 0.480 e. The molecule has 21 heavy (non-hydrogen) atoms. The Bertz CT molecular complexity index is 596. The maximum Gasteiger partial charge on any atom is 0.323 e. The fourth-order valence-electron chi connectivity index (χ4n) is 2.07. The molecule has 2 aromatic rings. The Kier molecular flexibility index (Phi) is 4.71. The van der Waals surface area contributed by atoms with Crippen molar-refractivity contribution < 1.29 is 14.7 Å². The third-order valence-electron chi connectivity index (χ3n) is 3.13. The lowest BCUT2D eigenvalue weighted by Crippen LogP contribution is -2.39. The summed E-state index contributed by atoms with van der Waals surface area (Å²) in [6.07, 6.45) is 3.27. The summed E-state index contributed by atoms with van der Waals surface area (Å²) in [4.78, 5) is 24.8. The average molecular weight is 287 g/mol. The van der Waals surface area contributed by atoms with Gasteiger partial charge < -0.3 is 10.0 Å². The summed E-state index contributed by atoms with van der Waals surface area (Å²) in [6, 6.07) is 10.5. The minimum Gasteiger partial charge on any atom is -0.480 e. The second-order valence-corrected chi connectivity index (χ2v) is 4.74. The summed E-state index contributed by atoms with van der Waals surface area (Å²) in [6.45, 7) is 1.63. The third kappa shape index (κ3) is 3.92. The van der Waals surface area contributed by atoms with Gasteiger partial charge in [0.2, 0.25) is 5.91 Å². The van der Waals surface area contributed by atoms with Gasteiger partial charge in [0, 0.05) is 18.9 Å². The summed E-state index contributed by atoms with van der Waals surface area (Å²) in [5.74, 6) is -1.31. The second kappa shape index (κ2) is 6.69. The van der Waals surface area contributed by atoms with Crippen LogP contribution in [0.5, 0.6) is 0 Å². The molecule has 0 spiro atoms. The molecule has 0 bridgehead atoms. The molecule has 0 aliphatic heterocycles. The molecular weight excluding hydrogens is 270 g/mol. The van der Waals surface area contributed by atoms with Crippen LogP contribution in [0, 0.1) is 0 Å². The van der Waals surface area contributed by atoms with Gasteiger partial charge in [0.25, 0.3) is 0 Å². The van der Waals surface area contributed by atoms with E-state index in [2.05, 4.69) is 5.10 Å². The van der Waals surface area contributed by atoms with Crippen molar-refractivity contribution in [2.75, 3.05) is 6.54 Å². The lowest BCUT2D eigenvalue weighted by molar-refractivity contribution is -0.146. The SMILES string of the molecule is CC(C(=O)N(CC(=O)O)Cc1ccccc1)n1cccn1. The highest BCUT2D eigenvalue weighted by Crippen LogP contribution is 2.12. The van der Waals surface area contributed by atoms with E-state index in [1.54, 1.807) is 25.4 Å². The third-order valence-corrected chi connectivity index (χ3v) is 3.13. The van der Waals surface area contributed by atoms with Crippen molar-refractivity contribution in [3.8, 4) is 0 Å². The maximum absolute atomic E-state index is 12.5. The average Bonchev–Trinajstić information content (AvgIpc) is 3.00. The number of hydrogen-bond acceptors (Lipinski definition) is 3. The van der Waals surface area contributed by atoms with Crippen LogP contribution >= 0.6 is 0 Å². The molecule has 0 aliphatic carbocycles. The van der Waals surface area contributed by atoms with Crippen LogP contribution in [-0.2, 0) is 16.1 Å². The van der Waals surface area contributed by atoms with Gasteiger partial charge in [-0.1, -0.05) is 30.3 Å². The lowest BCUT2D eigenvalue weighted by atomic mass is 10.2. The lowest BCUT2D eigenvalue weighted by Gasteiger charge is -2.24. The molecule has 0 aliphatic rings. The predicted octanol–water partition coefficient (Wildman–Crippen LogP) is 1.56. The van der Waals surface area contributed by atoms with Gasteiger partial charge in [-0.15, -0.1) is 0 Å². The standard InChI is InChI=1S/C15H17N3O3/c1-12(18-9-5-8-16-18)15(21)17(11-14(19)20)10-13-6-3-2-4-7-13/h2-9,12H,10-11H2,1H3,(H,19,20). The molecule has 1 aromatic heterocycles. The van der Waals surface area contributed by atoms with E-state index in [0.717, 1.165) is 5.56 Å². The van der Waals surface area contributed by atoms with Gasteiger partial charge in [0.05, 0.1) is 0 Å². The molecule has 6 nitrogen and oxygen atoms in total. The minimum absolute atomic E-state index is 0.261. The van der Waals surface area contributed by atoms with Gasteiger partial charge in [0.1, 0.15) is 12.6 Å². The van der Waals surface area contributed by atoms with E-state index in [1.165, 1.54) is 9.58 Å². The Morgan fingerprint density at radius 3 is 2.57 bits per heavy atom. The Labute approximate surface area is 122 Å². The number of hydrogen-bond donors (Lipinski definition) is 1. The van der Waals surface area contributed by atoms with Gasteiger partial charge >= 0.3 is 5.97 Å². The van der Waals surface area contributed by atoms with Gasteiger partial charge in [-0.25, -0.2) is 0 Å². The van der Waals surface area contributed by atoms with Crippen LogP contribution in [0.25, 0.3) is 0 Å². The summed E-state index contributed by atoms with van der Waals surface area (Å²) < 4.78 is 1.52. The number of aliphatic carboxylic acids is 1. The summed E-state index contributed by atoms with van der Waals surface area (Å²) in [5, 5.41) is 13.0. The van der Waals surface area contributed by atoms with Crippen molar-refractivity contribution in [3.05, 3.63) is 54.4 Å². The Morgan fingerprint density at radius 2 is 2.00 bits per heavy atom. The number of carbonyl (C=O) groups excluding carboxylic acids is 1. The van der Waals surface area contributed by atoms with Gasteiger partial charge in [-0.3, -0.25) is 14.3 Å². The topological polar surface area (TPSA) is 75.4 Å². The van der Waals surface area contributed by atoms with Crippen LogP contribution in [0.4, 0.5) is 0 Å². The van der Waals surface area contributed by atoms with E-state index in [1.807, 2.05) is 30.3 Å². The molecule has 1 unspecified atom stereocenters. The zero-order valence-electron chi connectivity index (χ0n) is 11.7.